The van der Waals surface area contributed by atoms with Gasteiger partial charge in [-0.2, -0.15) is 0 Å². The zero-order valence-corrected chi connectivity index (χ0v) is 14.5. The number of ether oxygens (including phenoxy) is 1. The number of likely N-dealkylation sites (tertiary alicyclic amines) is 1. The molecule has 6 heteroatoms. The van der Waals surface area contributed by atoms with Crippen molar-refractivity contribution < 1.29 is 4.74 Å². The SMILES string of the molecule is CO[C@@H]1C[C@@H](c2nnc3n2CCC3)N(Cc2cccc3cc[nH]c23)C1. The third-order valence-electron chi connectivity index (χ3n) is 5.68. The maximum absolute atomic E-state index is 5.69. The monoisotopic (exact) mass is 337 g/mol. The summed E-state index contributed by atoms with van der Waals surface area (Å²) >= 11 is 0. The molecule has 6 nitrogen and oxygen atoms in total. The summed E-state index contributed by atoms with van der Waals surface area (Å²) in [5, 5.41) is 10.2. The fourth-order valence-corrected chi connectivity index (χ4v) is 4.40. The van der Waals surface area contributed by atoms with Crippen LogP contribution in [-0.4, -0.2) is 44.4 Å². The molecule has 2 aliphatic rings. The highest BCUT2D eigenvalue weighted by atomic mass is 16.5. The summed E-state index contributed by atoms with van der Waals surface area (Å²) in [7, 11) is 1.81. The van der Waals surface area contributed by atoms with Crippen LogP contribution in [0.3, 0.4) is 0 Å². The van der Waals surface area contributed by atoms with Gasteiger partial charge in [0.1, 0.15) is 5.82 Å². The van der Waals surface area contributed by atoms with E-state index >= 15 is 0 Å². The quantitative estimate of drug-likeness (QED) is 0.795. The largest absolute Gasteiger partial charge is 0.380 e. The molecule has 0 bridgehead atoms. The summed E-state index contributed by atoms with van der Waals surface area (Å²) in [6, 6.07) is 8.90. The predicted octanol–water partition coefficient (Wildman–Crippen LogP) is 2.67. The Kier molecular flexibility index (Phi) is 3.60. The van der Waals surface area contributed by atoms with Crippen molar-refractivity contribution in [2.45, 2.75) is 44.5 Å². The van der Waals surface area contributed by atoms with Crippen LogP contribution >= 0.6 is 0 Å². The summed E-state index contributed by atoms with van der Waals surface area (Å²) < 4.78 is 8.02. The summed E-state index contributed by atoms with van der Waals surface area (Å²) in [6.07, 6.45) is 5.48. The average Bonchev–Trinajstić information content (AvgIpc) is 3.38. The van der Waals surface area contributed by atoms with E-state index in [1.165, 1.54) is 22.9 Å². The van der Waals surface area contributed by atoms with Gasteiger partial charge in [0.15, 0.2) is 5.82 Å². The first-order valence-corrected chi connectivity index (χ1v) is 9.07. The number of hydrogen-bond donors (Lipinski definition) is 1. The molecule has 0 spiro atoms. The van der Waals surface area contributed by atoms with Crippen molar-refractivity contribution in [3.05, 3.63) is 47.7 Å². The van der Waals surface area contributed by atoms with Crippen LogP contribution in [0, 0.1) is 0 Å². The minimum atomic E-state index is 0.252. The Morgan fingerprint density at radius 2 is 2.24 bits per heavy atom. The number of H-pyrrole nitrogens is 1. The third-order valence-corrected chi connectivity index (χ3v) is 5.68. The van der Waals surface area contributed by atoms with Gasteiger partial charge in [0, 0.05) is 44.9 Å². The number of nitrogens with zero attached hydrogens (tertiary/aromatic N) is 4. The summed E-state index contributed by atoms with van der Waals surface area (Å²) in [4.78, 5) is 5.89. The normalized spacial score (nSPS) is 23.6. The molecule has 4 heterocycles. The summed E-state index contributed by atoms with van der Waals surface area (Å²) in [6.45, 7) is 2.87. The van der Waals surface area contributed by atoms with Gasteiger partial charge in [-0.3, -0.25) is 4.90 Å². The minimum Gasteiger partial charge on any atom is -0.380 e. The highest BCUT2D eigenvalue weighted by Crippen LogP contribution is 2.35. The zero-order chi connectivity index (χ0) is 16.8. The van der Waals surface area contributed by atoms with Gasteiger partial charge in [-0.1, -0.05) is 18.2 Å². The Morgan fingerprint density at radius 3 is 3.16 bits per heavy atom. The number of nitrogens with one attached hydrogen (secondary N) is 1. The Bertz CT molecular complexity index is 898. The number of benzene rings is 1. The second-order valence-corrected chi connectivity index (χ2v) is 7.13. The Morgan fingerprint density at radius 1 is 1.28 bits per heavy atom. The van der Waals surface area contributed by atoms with Crippen molar-refractivity contribution in [2.24, 2.45) is 0 Å². The molecule has 2 aromatic heterocycles. The van der Waals surface area contributed by atoms with E-state index in [-0.39, 0.29) is 12.1 Å². The van der Waals surface area contributed by atoms with Crippen LogP contribution in [0.2, 0.25) is 0 Å². The zero-order valence-electron chi connectivity index (χ0n) is 14.5. The molecule has 2 aliphatic heterocycles. The number of methoxy groups -OCH3 is 1. The van der Waals surface area contributed by atoms with Crippen LogP contribution in [0.4, 0.5) is 0 Å². The van der Waals surface area contributed by atoms with Crippen LogP contribution in [0.1, 0.15) is 36.1 Å². The number of rotatable bonds is 4. The molecule has 0 radical (unpaired) electrons. The number of fused-ring (bicyclic) bond motifs is 2. The van der Waals surface area contributed by atoms with Gasteiger partial charge in [-0.25, -0.2) is 0 Å². The Balaban J connectivity index is 1.48. The lowest BCUT2D eigenvalue weighted by Crippen LogP contribution is -2.26. The van der Waals surface area contributed by atoms with E-state index in [0.29, 0.717) is 0 Å². The lowest BCUT2D eigenvalue weighted by molar-refractivity contribution is 0.107. The molecule has 3 aromatic rings. The first-order chi connectivity index (χ1) is 12.3. The van der Waals surface area contributed by atoms with E-state index in [4.69, 9.17) is 4.74 Å². The van der Waals surface area contributed by atoms with Crippen molar-refractivity contribution in [2.75, 3.05) is 13.7 Å². The van der Waals surface area contributed by atoms with Crippen LogP contribution in [0.15, 0.2) is 30.5 Å². The molecule has 0 aliphatic carbocycles. The highest BCUT2D eigenvalue weighted by Gasteiger charge is 2.37. The van der Waals surface area contributed by atoms with Gasteiger partial charge in [-0.15, -0.1) is 10.2 Å². The highest BCUT2D eigenvalue weighted by molar-refractivity contribution is 5.82. The van der Waals surface area contributed by atoms with E-state index < -0.39 is 0 Å². The van der Waals surface area contributed by atoms with E-state index in [9.17, 15) is 0 Å². The molecule has 0 amide bonds. The molecule has 1 N–H and O–H groups in total. The summed E-state index contributed by atoms with van der Waals surface area (Å²) in [5.41, 5.74) is 2.55. The van der Waals surface area contributed by atoms with Gasteiger partial charge < -0.3 is 14.3 Å². The van der Waals surface area contributed by atoms with Gasteiger partial charge in [0.2, 0.25) is 0 Å². The van der Waals surface area contributed by atoms with E-state index in [2.05, 4.69) is 48.9 Å². The average molecular weight is 337 g/mol. The molecule has 1 saturated heterocycles. The van der Waals surface area contributed by atoms with Crippen molar-refractivity contribution in [3.63, 3.8) is 0 Å². The number of aromatic amines is 1. The molecule has 1 aromatic carbocycles. The van der Waals surface area contributed by atoms with Gasteiger partial charge in [0.05, 0.1) is 12.1 Å². The molecule has 2 atom stereocenters. The molecule has 130 valence electrons. The molecule has 1 fully saturated rings. The van der Waals surface area contributed by atoms with Crippen molar-refractivity contribution >= 4 is 10.9 Å². The second kappa shape index (κ2) is 5.97. The van der Waals surface area contributed by atoms with Crippen molar-refractivity contribution in [1.29, 1.82) is 0 Å². The summed E-state index contributed by atoms with van der Waals surface area (Å²) in [5.74, 6) is 2.26. The van der Waals surface area contributed by atoms with Gasteiger partial charge >= 0.3 is 0 Å². The minimum absolute atomic E-state index is 0.252. The fourth-order valence-electron chi connectivity index (χ4n) is 4.40. The second-order valence-electron chi connectivity index (χ2n) is 7.13. The standard InChI is InChI=1S/C19H23N5O/c1-25-15-10-16(19-22-21-17-6-3-9-24(17)19)23(12-15)11-14-5-2-4-13-7-8-20-18(13)14/h2,4-5,7-8,15-16,20H,3,6,9-12H2,1H3/t15-,16+/m1/s1. The lowest BCUT2D eigenvalue weighted by Gasteiger charge is -2.24. The molecular formula is C19H23N5O. The van der Waals surface area contributed by atoms with Crippen LogP contribution in [0.5, 0.6) is 0 Å². The van der Waals surface area contributed by atoms with Crippen LogP contribution < -0.4 is 0 Å². The fraction of sp³-hybridized carbons (Fsp3) is 0.474. The topological polar surface area (TPSA) is 59.0 Å². The van der Waals surface area contributed by atoms with E-state index in [1.807, 2.05) is 13.3 Å². The van der Waals surface area contributed by atoms with Crippen molar-refractivity contribution in [1.82, 2.24) is 24.6 Å². The van der Waals surface area contributed by atoms with E-state index in [0.717, 1.165) is 44.1 Å². The first kappa shape index (κ1) is 15.1. The van der Waals surface area contributed by atoms with Crippen LogP contribution in [0.25, 0.3) is 10.9 Å². The predicted molar refractivity (Wildman–Crippen MR) is 95.2 cm³/mol. The first-order valence-electron chi connectivity index (χ1n) is 9.07. The Hall–Kier alpha value is -2.18. The maximum Gasteiger partial charge on any atom is 0.150 e. The maximum atomic E-state index is 5.69. The number of hydrogen-bond acceptors (Lipinski definition) is 4. The number of aromatic nitrogens is 4. The third kappa shape index (κ3) is 2.48. The molecule has 0 saturated carbocycles. The molecule has 5 rings (SSSR count). The lowest BCUT2D eigenvalue weighted by atomic mass is 10.1. The van der Waals surface area contributed by atoms with Crippen LogP contribution in [-0.2, 0) is 24.2 Å². The van der Waals surface area contributed by atoms with Gasteiger partial charge in [-0.05, 0) is 29.9 Å². The van der Waals surface area contributed by atoms with Crippen molar-refractivity contribution in [3.8, 4) is 0 Å². The van der Waals surface area contributed by atoms with Gasteiger partial charge in [0.25, 0.3) is 0 Å². The molecular weight excluding hydrogens is 314 g/mol. The molecule has 25 heavy (non-hydrogen) atoms. The van der Waals surface area contributed by atoms with E-state index in [1.54, 1.807) is 0 Å². The Labute approximate surface area is 146 Å². The molecule has 0 unspecified atom stereocenters. The smallest absolute Gasteiger partial charge is 0.150 e. The number of aryl methyl sites for hydroxylation is 1. The number of para-hydroxylation sites is 1.